The number of ether oxygens (including phenoxy) is 1. The summed E-state index contributed by atoms with van der Waals surface area (Å²) in [6.45, 7) is 1.77. The van der Waals surface area contributed by atoms with Crippen molar-refractivity contribution in [3.8, 4) is 0 Å². The number of carbonyl (C=O) groups is 1. The van der Waals surface area contributed by atoms with Crippen molar-refractivity contribution in [2.75, 3.05) is 6.79 Å². The predicted octanol–water partition coefficient (Wildman–Crippen LogP) is 4.96. The molecule has 0 radical (unpaired) electrons. The van der Waals surface area contributed by atoms with Crippen LogP contribution in [0, 0.1) is 0 Å². The van der Waals surface area contributed by atoms with Gasteiger partial charge in [-0.25, -0.2) is 0 Å². The zero-order chi connectivity index (χ0) is 14.9. The highest BCUT2D eigenvalue weighted by molar-refractivity contribution is 5.69. The molecule has 0 fully saturated rings. The highest BCUT2D eigenvalue weighted by Gasteiger charge is 2.00. The number of aliphatic hydroxyl groups is 1. The van der Waals surface area contributed by atoms with Crippen LogP contribution in [0.3, 0.4) is 0 Å². The van der Waals surface area contributed by atoms with Crippen molar-refractivity contribution in [2.45, 2.75) is 96.8 Å². The fourth-order valence-electron chi connectivity index (χ4n) is 2.43. The highest BCUT2D eigenvalue weighted by atomic mass is 16.6. The normalized spacial score (nSPS) is 10.7. The molecule has 0 aliphatic heterocycles. The zero-order valence-corrected chi connectivity index (χ0v) is 13.4. The van der Waals surface area contributed by atoms with E-state index in [9.17, 15) is 4.79 Å². The molecule has 20 heavy (non-hydrogen) atoms. The molecule has 0 bridgehead atoms. The lowest BCUT2D eigenvalue weighted by Gasteiger charge is -2.03. The SMILES string of the molecule is CCCCCCCCCCCCCCCC(=O)OCO. The maximum absolute atomic E-state index is 11.0. The summed E-state index contributed by atoms with van der Waals surface area (Å²) in [7, 11) is 0. The fraction of sp³-hybridized carbons (Fsp3) is 0.941. The van der Waals surface area contributed by atoms with E-state index in [1.54, 1.807) is 0 Å². The molecule has 0 heterocycles. The molecule has 0 saturated carbocycles. The Balaban J connectivity index is 3.01. The van der Waals surface area contributed by atoms with Gasteiger partial charge in [0.1, 0.15) is 0 Å². The Bertz CT molecular complexity index is 204. The van der Waals surface area contributed by atoms with Crippen molar-refractivity contribution in [1.82, 2.24) is 0 Å². The van der Waals surface area contributed by atoms with E-state index in [1.165, 1.54) is 70.6 Å². The third-order valence-corrected chi connectivity index (χ3v) is 3.71. The highest BCUT2D eigenvalue weighted by Crippen LogP contribution is 2.12. The Hall–Kier alpha value is -0.570. The van der Waals surface area contributed by atoms with Crippen LogP contribution < -0.4 is 0 Å². The van der Waals surface area contributed by atoms with Gasteiger partial charge in [-0.1, -0.05) is 84.0 Å². The van der Waals surface area contributed by atoms with Crippen LogP contribution in [0.4, 0.5) is 0 Å². The second kappa shape index (κ2) is 16.5. The van der Waals surface area contributed by atoms with Crippen LogP contribution in [-0.4, -0.2) is 17.9 Å². The summed E-state index contributed by atoms with van der Waals surface area (Å²) in [6, 6.07) is 0. The molecule has 0 aliphatic rings. The molecular weight excluding hydrogens is 252 g/mol. The van der Waals surface area contributed by atoms with Gasteiger partial charge in [-0.05, 0) is 6.42 Å². The summed E-state index contributed by atoms with van der Waals surface area (Å²) in [6.07, 6.45) is 17.4. The summed E-state index contributed by atoms with van der Waals surface area (Å²) in [5.41, 5.74) is 0. The summed E-state index contributed by atoms with van der Waals surface area (Å²) in [5, 5.41) is 8.40. The van der Waals surface area contributed by atoms with Crippen molar-refractivity contribution in [2.24, 2.45) is 0 Å². The number of rotatable bonds is 15. The van der Waals surface area contributed by atoms with E-state index >= 15 is 0 Å². The van der Waals surface area contributed by atoms with E-state index < -0.39 is 6.79 Å². The molecule has 0 amide bonds. The Morgan fingerprint density at radius 3 is 1.55 bits per heavy atom. The summed E-state index contributed by atoms with van der Waals surface area (Å²) in [5.74, 6) is -0.282. The topological polar surface area (TPSA) is 46.5 Å². The van der Waals surface area contributed by atoms with E-state index in [-0.39, 0.29) is 5.97 Å². The molecule has 120 valence electrons. The van der Waals surface area contributed by atoms with Gasteiger partial charge < -0.3 is 9.84 Å². The maximum Gasteiger partial charge on any atom is 0.307 e. The minimum atomic E-state index is -0.489. The lowest BCUT2D eigenvalue weighted by molar-refractivity contribution is -0.151. The number of unbranched alkanes of at least 4 members (excludes halogenated alkanes) is 12. The minimum absolute atomic E-state index is 0.282. The lowest BCUT2D eigenvalue weighted by atomic mass is 10.0. The van der Waals surface area contributed by atoms with Gasteiger partial charge in [0.05, 0.1) is 0 Å². The van der Waals surface area contributed by atoms with E-state index in [0.717, 1.165) is 12.8 Å². The van der Waals surface area contributed by atoms with Crippen LogP contribution in [0.1, 0.15) is 96.8 Å². The van der Waals surface area contributed by atoms with E-state index in [0.29, 0.717) is 6.42 Å². The lowest BCUT2D eigenvalue weighted by Crippen LogP contribution is -2.04. The molecule has 0 unspecified atom stereocenters. The predicted molar refractivity (Wildman–Crippen MR) is 83.5 cm³/mol. The summed E-state index contributed by atoms with van der Waals surface area (Å²) >= 11 is 0. The average molecular weight is 286 g/mol. The molecule has 0 aromatic heterocycles. The number of carbonyl (C=O) groups excluding carboxylic acids is 1. The largest absolute Gasteiger partial charge is 0.439 e. The zero-order valence-electron chi connectivity index (χ0n) is 13.4. The number of hydrogen-bond acceptors (Lipinski definition) is 3. The molecule has 0 aromatic carbocycles. The first kappa shape index (κ1) is 19.4. The first-order valence-corrected chi connectivity index (χ1v) is 8.57. The van der Waals surface area contributed by atoms with Crippen LogP contribution in [0.5, 0.6) is 0 Å². The monoisotopic (exact) mass is 286 g/mol. The van der Waals surface area contributed by atoms with E-state index in [1.807, 2.05) is 0 Å². The van der Waals surface area contributed by atoms with E-state index in [2.05, 4.69) is 11.7 Å². The van der Waals surface area contributed by atoms with Crippen molar-refractivity contribution in [3.63, 3.8) is 0 Å². The average Bonchev–Trinajstić information content (AvgIpc) is 2.44. The Kier molecular flexibility index (Phi) is 16.0. The van der Waals surface area contributed by atoms with Crippen LogP contribution in [0.15, 0.2) is 0 Å². The van der Waals surface area contributed by atoms with Gasteiger partial charge in [0, 0.05) is 6.42 Å². The molecule has 0 aromatic rings. The first-order valence-electron chi connectivity index (χ1n) is 8.57. The van der Waals surface area contributed by atoms with Gasteiger partial charge >= 0.3 is 5.97 Å². The second-order valence-corrected chi connectivity index (χ2v) is 5.64. The third kappa shape index (κ3) is 15.5. The minimum Gasteiger partial charge on any atom is -0.439 e. The van der Waals surface area contributed by atoms with Crippen molar-refractivity contribution >= 4 is 5.97 Å². The van der Waals surface area contributed by atoms with Gasteiger partial charge in [0.15, 0.2) is 6.79 Å². The van der Waals surface area contributed by atoms with Gasteiger partial charge in [0.25, 0.3) is 0 Å². The maximum atomic E-state index is 11.0. The van der Waals surface area contributed by atoms with Gasteiger partial charge in [-0.3, -0.25) is 4.79 Å². The molecule has 0 aliphatic carbocycles. The number of hydrogen-bond donors (Lipinski definition) is 1. The third-order valence-electron chi connectivity index (χ3n) is 3.71. The molecule has 0 saturated heterocycles. The van der Waals surface area contributed by atoms with Gasteiger partial charge in [-0.15, -0.1) is 0 Å². The van der Waals surface area contributed by atoms with Gasteiger partial charge in [-0.2, -0.15) is 0 Å². The first-order chi connectivity index (χ1) is 9.81. The number of aliphatic hydroxyl groups excluding tert-OH is 1. The van der Waals surface area contributed by atoms with Crippen LogP contribution in [0.2, 0.25) is 0 Å². The molecule has 0 atom stereocenters. The fourth-order valence-corrected chi connectivity index (χ4v) is 2.43. The van der Waals surface area contributed by atoms with Crippen LogP contribution >= 0.6 is 0 Å². The number of esters is 1. The quantitative estimate of drug-likeness (QED) is 0.263. The summed E-state index contributed by atoms with van der Waals surface area (Å²) < 4.78 is 4.47. The Labute approximate surface area is 125 Å². The Morgan fingerprint density at radius 1 is 0.750 bits per heavy atom. The molecular formula is C17H34O3. The molecule has 3 heteroatoms. The van der Waals surface area contributed by atoms with Crippen molar-refractivity contribution in [1.29, 1.82) is 0 Å². The van der Waals surface area contributed by atoms with Crippen molar-refractivity contribution < 1.29 is 14.6 Å². The second-order valence-electron chi connectivity index (χ2n) is 5.64. The molecule has 3 nitrogen and oxygen atoms in total. The molecule has 1 N–H and O–H groups in total. The van der Waals surface area contributed by atoms with Gasteiger partial charge in [0.2, 0.25) is 0 Å². The smallest absolute Gasteiger partial charge is 0.307 e. The Morgan fingerprint density at radius 2 is 1.15 bits per heavy atom. The standard InChI is InChI=1S/C17H34O3/c1-2-3-4-5-6-7-8-9-10-11-12-13-14-15-17(19)20-16-18/h18H,2-16H2,1H3. The molecule has 0 rings (SSSR count). The van der Waals surface area contributed by atoms with E-state index in [4.69, 9.17) is 5.11 Å². The van der Waals surface area contributed by atoms with Crippen LogP contribution in [0.25, 0.3) is 0 Å². The summed E-state index contributed by atoms with van der Waals surface area (Å²) in [4.78, 5) is 11.0. The molecule has 0 spiro atoms. The van der Waals surface area contributed by atoms with Crippen molar-refractivity contribution in [3.05, 3.63) is 0 Å². The van der Waals surface area contributed by atoms with Crippen LogP contribution in [-0.2, 0) is 9.53 Å².